The molecule has 0 aliphatic heterocycles. The van der Waals surface area contributed by atoms with Gasteiger partial charge in [0.2, 0.25) is 0 Å². The molecule has 1 fully saturated rings. The van der Waals surface area contributed by atoms with Gasteiger partial charge in [-0.15, -0.1) is 0 Å². The van der Waals surface area contributed by atoms with Crippen LogP contribution in [-0.2, 0) is 6.18 Å². The van der Waals surface area contributed by atoms with Crippen molar-refractivity contribution in [1.29, 1.82) is 0 Å². The van der Waals surface area contributed by atoms with Crippen LogP contribution in [0.5, 0.6) is 0 Å². The lowest BCUT2D eigenvalue weighted by Gasteiger charge is -2.13. The minimum absolute atomic E-state index is 0.0939. The summed E-state index contributed by atoms with van der Waals surface area (Å²) in [5.41, 5.74) is 4.58. The second-order valence-electron chi connectivity index (χ2n) is 5.05. The zero-order valence-electron chi connectivity index (χ0n) is 9.48. The molecule has 1 aliphatic carbocycles. The highest BCUT2D eigenvalue weighted by Crippen LogP contribution is 2.59. The maximum atomic E-state index is 12.9. The predicted octanol–water partition coefficient (Wildman–Crippen LogP) is 3.30. The molecule has 94 valence electrons. The summed E-state index contributed by atoms with van der Waals surface area (Å²) in [6.45, 7) is 3.62. The van der Waals surface area contributed by atoms with E-state index in [4.69, 9.17) is 5.73 Å². The number of rotatable bonds is 1. The van der Waals surface area contributed by atoms with Crippen LogP contribution in [0.15, 0.2) is 18.2 Å². The number of hydrogen-bond donors (Lipinski definition) is 1. The molecule has 0 heterocycles. The molecule has 17 heavy (non-hydrogen) atoms. The summed E-state index contributed by atoms with van der Waals surface area (Å²) in [5.74, 6) is -1.24. The van der Waals surface area contributed by atoms with Gasteiger partial charge in [-0.05, 0) is 23.1 Å². The summed E-state index contributed by atoms with van der Waals surface area (Å²) >= 11 is 0. The molecule has 0 bridgehead atoms. The molecule has 1 nitrogen and oxygen atoms in total. The first kappa shape index (κ1) is 12.4. The fourth-order valence-electron chi connectivity index (χ4n) is 2.32. The normalized spacial score (nSPS) is 27.0. The minimum Gasteiger partial charge on any atom is -0.327 e. The Hall–Kier alpha value is -1.10. The summed E-state index contributed by atoms with van der Waals surface area (Å²) in [7, 11) is 0. The summed E-state index contributed by atoms with van der Waals surface area (Å²) in [4.78, 5) is 0. The van der Waals surface area contributed by atoms with Crippen LogP contribution in [0.1, 0.15) is 30.9 Å². The van der Waals surface area contributed by atoms with Crippen LogP contribution in [0.25, 0.3) is 0 Å². The van der Waals surface area contributed by atoms with Gasteiger partial charge in [0.25, 0.3) is 0 Å². The lowest BCUT2D eigenvalue weighted by molar-refractivity contribution is -0.138. The van der Waals surface area contributed by atoms with Crippen molar-refractivity contribution >= 4 is 0 Å². The standard InChI is InChI=1S/C12H13F4N/c1-11(2)9(10(11)17)7-4-3-6(13)5-8(7)12(14,15)16/h3-5,9-10H,17H2,1-2H3/t9-,10-/m0/s1. The second kappa shape index (κ2) is 3.45. The van der Waals surface area contributed by atoms with Crippen LogP contribution in [0.2, 0.25) is 0 Å². The molecule has 0 spiro atoms. The maximum Gasteiger partial charge on any atom is 0.416 e. The average molecular weight is 247 g/mol. The van der Waals surface area contributed by atoms with Gasteiger partial charge in [0.05, 0.1) is 5.56 Å². The van der Waals surface area contributed by atoms with Crippen LogP contribution in [0.3, 0.4) is 0 Å². The lowest BCUT2D eigenvalue weighted by atomic mass is 9.97. The van der Waals surface area contributed by atoms with E-state index in [9.17, 15) is 17.6 Å². The molecule has 1 saturated carbocycles. The molecule has 0 amide bonds. The molecule has 0 unspecified atom stereocenters. The monoisotopic (exact) mass is 247 g/mol. The van der Waals surface area contributed by atoms with Crippen molar-refractivity contribution in [2.24, 2.45) is 11.1 Å². The first-order chi connectivity index (χ1) is 7.65. The van der Waals surface area contributed by atoms with Crippen LogP contribution >= 0.6 is 0 Å². The van der Waals surface area contributed by atoms with E-state index in [0.717, 1.165) is 6.07 Å². The molecule has 0 aromatic heterocycles. The maximum absolute atomic E-state index is 12.9. The van der Waals surface area contributed by atoms with E-state index in [2.05, 4.69) is 0 Å². The molecule has 5 heteroatoms. The van der Waals surface area contributed by atoms with E-state index >= 15 is 0 Å². The quantitative estimate of drug-likeness (QED) is 0.757. The van der Waals surface area contributed by atoms with Crippen molar-refractivity contribution in [1.82, 2.24) is 0 Å². The Morgan fingerprint density at radius 2 is 1.76 bits per heavy atom. The van der Waals surface area contributed by atoms with Gasteiger partial charge in [0.15, 0.2) is 0 Å². The van der Waals surface area contributed by atoms with Gasteiger partial charge < -0.3 is 5.73 Å². The molecular formula is C12H13F4N. The van der Waals surface area contributed by atoms with Crippen molar-refractivity contribution in [3.8, 4) is 0 Å². The Labute approximate surface area is 96.6 Å². The third-order valence-corrected chi connectivity index (χ3v) is 3.57. The van der Waals surface area contributed by atoms with E-state index in [1.165, 1.54) is 6.07 Å². The summed E-state index contributed by atoms with van der Waals surface area (Å²) in [6, 6.07) is 2.47. The topological polar surface area (TPSA) is 26.0 Å². The number of halogens is 4. The highest BCUT2D eigenvalue weighted by molar-refractivity contribution is 5.41. The van der Waals surface area contributed by atoms with E-state index < -0.39 is 17.6 Å². The van der Waals surface area contributed by atoms with E-state index in [-0.39, 0.29) is 22.9 Å². The van der Waals surface area contributed by atoms with Crippen LogP contribution < -0.4 is 5.73 Å². The van der Waals surface area contributed by atoms with Crippen LogP contribution in [-0.4, -0.2) is 6.04 Å². The Balaban J connectivity index is 2.49. The van der Waals surface area contributed by atoms with Gasteiger partial charge in [0, 0.05) is 12.0 Å². The number of hydrogen-bond acceptors (Lipinski definition) is 1. The molecule has 2 rings (SSSR count). The summed E-state index contributed by atoms with van der Waals surface area (Å²) in [5, 5.41) is 0. The van der Waals surface area contributed by atoms with E-state index in [1.807, 2.05) is 13.8 Å². The predicted molar refractivity (Wildman–Crippen MR) is 55.9 cm³/mol. The molecular weight excluding hydrogens is 234 g/mol. The van der Waals surface area contributed by atoms with Crippen molar-refractivity contribution in [2.45, 2.75) is 32.0 Å². The van der Waals surface area contributed by atoms with Crippen LogP contribution in [0, 0.1) is 11.2 Å². The van der Waals surface area contributed by atoms with Gasteiger partial charge in [-0.1, -0.05) is 19.9 Å². The first-order valence-electron chi connectivity index (χ1n) is 5.28. The van der Waals surface area contributed by atoms with Crippen molar-refractivity contribution < 1.29 is 17.6 Å². The van der Waals surface area contributed by atoms with Gasteiger partial charge in [0.1, 0.15) is 5.82 Å². The zero-order valence-corrected chi connectivity index (χ0v) is 9.48. The first-order valence-corrected chi connectivity index (χ1v) is 5.28. The Bertz CT molecular complexity index is 450. The van der Waals surface area contributed by atoms with Gasteiger partial charge >= 0.3 is 6.18 Å². The number of benzene rings is 1. The van der Waals surface area contributed by atoms with Crippen LogP contribution in [0.4, 0.5) is 17.6 Å². The number of nitrogens with two attached hydrogens (primary N) is 1. The molecule has 1 aliphatic rings. The third-order valence-electron chi connectivity index (χ3n) is 3.57. The van der Waals surface area contributed by atoms with E-state index in [0.29, 0.717) is 6.07 Å². The van der Waals surface area contributed by atoms with Gasteiger partial charge in [-0.25, -0.2) is 4.39 Å². The highest BCUT2D eigenvalue weighted by atomic mass is 19.4. The fourth-order valence-corrected chi connectivity index (χ4v) is 2.32. The Kier molecular flexibility index (Phi) is 2.51. The molecule has 0 radical (unpaired) electrons. The average Bonchev–Trinajstić information content (AvgIpc) is 2.65. The molecule has 2 atom stereocenters. The Morgan fingerprint density at radius 1 is 1.24 bits per heavy atom. The fraction of sp³-hybridized carbons (Fsp3) is 0.500. The number of alkyl halides is 3. The SMILES string of the molecule is CC1(C)[C@@H](N)[C@@H]1c1ccc(F)cc1C(F)(F)F. The van der Waals surface area contributed by atoms with Gasteiger partial charge in [-0.2, -0.15) is 13.2 Å². The molecule has 2 N–H and O–H groups in total. The minimum atomic E-state index is -4.55. The molecule has 1 aromatic carbocycles. The third kappa shape index (κ3) is 1.92. The zero-order chi connectivity index (χ0) is 13.0. The largest absolute Gasteiger partial charge is 0.416 e. The molecule has 0 saturated heterocycles. The summed E-state index contributed by atoms with van der Waals surface area (Å²) < 4.78 is 51.3. The van der Waals surface area contributed by atoms with Crippen molar-refractivity contribution in [3.63, 3.8) is 0 Å². The lowest BCUT2D eigenvalue weighted by Crippen LogP contribution is -2.11. The van der Waals surface area contributed by atoms with Crippen molar-refractivity contribution in [3.05, 3.63) is 35.1 Å². The highest BCUT2D eigenvalue weighted by Gasteiger charge is 2.58. The summed E-state index contributed by atoms with van der Waals surface area (Å²) in [6.07, 6.45) is -4.55. The Morgan fingerprint density at radius 3 is 2.18 bits per heavy atom. The second-order valence-corrected chi connectivity index (χ2v) is 5.05. The molecule has 1 aromatic rings. The van der Waals surface area contributed by atoms with E-state index in [1.54, 1.807) is 0 Å². The van der Waals surface area contributed by atoms with Crippen molar-refractivity contribution in [2.75, 3.05) is 0 Å². The van der Waals surface area contributed by atoms with Gasteiger partial charge in [-0.3, -0.25) is 0 Å². The smallest absolute Gasteiger partial charge is 0.327 e.